The Kier molecular flexibility index (Phi) is 4.90. The van der Waals surface area contributed by atoms with Crippen LogP contribution in [-0.2, 0) is 5.41 Å². The molecule has 0 aliphatic carbocycles. The van der Waals surface area contributed by atoms with Crippen molar-refractivity contribution in [2.45, 2.75) is 43.5 Å². The van der Waals surface area contributed by atoms with Crippen LogP contribution in [0.5, 0.6) is 5.75 Å². The van der Waals surface area contributed by atoms with Crippen molar-refractivity contribution in [2.24, 2.45) is 0 Å². The molecular formula is C17H22N6O2S. The molecule has 26 heavy (non-hydrogen) atoms. The van der Waals surface area contributed by atoms with Gasteiger partial charge in [-0.05, 0) is 31.2 Å². The van der Waals surface area contributed by atoms with Crippen LogP contribution in [0, 0.1) is 0 Å². The fourth-order valence-corrected chi connectivity index (χ4v) is 3.01. The molecule has 2 heterocycles. The van der Waals surface area contributed by atoms with Gasteiger partial charge in [0.05, 0.1) is 12.4 Å². The van der Waals surface area contributed by atoms with Crippen LogP contribution in [0.15, 0.2) is 33.9 Å². The first-order valence-corrected chi connectivity index (χ1v) is 9.03. The highest BCUT2D eigenvalue weighted by Crippen LogP contribution is 2.34. The van der Waals surface area contributed by atoms with Crippen LogP contribution in [0.1, 0.15) is 44.7 Å². The Morgan fingerprint density at radius 3 is 2.46 bits per heavy atom. The summed E-state index contributed by atoms with van der Waals surface area (Å²) in [5.41, 5.74) is 0.690. The smallest absolute Gasteiger partial charge is 0.239 e. The number of hydrogen-bond acceptors (Lipinski definition) is 8. The largest absolute Gasteiger partial charge is 0.497 e. The molecule has 2 N–H and O–H groups in total. The molecule has 138 valence electrons. The number of methoxy groups -OCH3 is 1. The van der Waals surface area contributed by atoms with Gasteiger partial charge in [-0.25, -0.2) is 4.68 Å². The summed E-state index contributed by atoms with van der Waals surface area (Å²) >= 11 is 1.41. The Labute approximate surface area is 156 Å². The summed E-state index contributed by atoms with van der Waals surface area (Å²) in [4.78, 5) is 4.48. The molecule has 1 aromatic carbocycles. The molecular weight excluding hydrogens is 352 g/mol. The summed E-state index contributed by atoms with van der Waals surface area (Å²) < 4.78 is 12.0. The minimum absolute atomic E-state index is 0.103. The monoisotopic (exact) mass is 374 g/mol. The van der Waals surface area contributed by atoms with Crippen LogP contribution in [0.2, 0.25) is 0 Å². The van der Waals surface area contributed by atoms with Gasteiger partial charge in [-0.2, -0.15) is 4.98 Å². The first kappa shape index (κ1) is 18.2. The van der Waals surface area contributed by atoms with E-state index in [-0.39, 0.29) is 10.7 Å². The first-order valence-electron chi connectivity index (χ1n) is 8.15. The number of nitrogen functional groups attached to an aromatic ring is 1. The highest BCUT2D eigenvalue weighted by Gasteiger charge is 2.25. The van der Waals surface area contributed by atoms with Gasteiger partial charge < -0.3 is 15.1 Å². The number of thioether (sulfide) groups is 1. The lowest BCUT2D eigenvalue weighted by Crippen LogP contribution is -2.13. The Hall–Kier alpha value is -2.55. The summed E-state index contributed by atoms with van der Waals surface area (Å²) in [6.45, 7) is 8.08. The molecule has 2 aromatic heterocycles. The van der Waals surface area contributed by atoms with E-state index in [9.17, 15) is 0 Å². The third-order valence-electron chi connectivity index (χ3n) is 3.76. The molecule has 0 fully saturated rings. The predicted octanol–water partition coefficient (Wildman–Crippen LogP) is 3.20. The first-order chi connectivity index (χ1) is 12.3. The molecule has 0 saturated carbocycles. The molecule has 9 heteroatoms. The van der Waals surface area contributed by atoms with Crippen LogP contribution >= 0.6 is 11.8 Å². The minimum atomic E-state index is -0.165. The van der Waals surface area contributed by atoms with Crippen molar-refractivity contribution in [3.8, 4) is 17.1 Å². The maximum absolute atomic E-state index is 6.18. The zero-order valence-corrected chi connectivity index (χ0v) is 16.2. The van der Waals surface area contributed by atoms with Crippen molar-refractivity contribution in [1.29, 1.82) is 0 Å². The Balaban J connectivity index is 1.78. The molecule has 0 bridgehead atoms. The summed E-state index contributed by atoms with van der Waals surface area (Å²) in [6.07, 6.45) is 0. The fraction of sp³-hybridized carbons (Fsp3) is 0.412. The van der Waals surface area contributed by atoms with Gasteiger partial charge in [0.2, 0.25) is 11.0 Å². The van der Waals surface area contributed by atoms with E-state index < -0.39 is 0 Å². The van der Waals surface area contributed by atoms with Crippen LogP contribution in [0.4, 0.5) is 0 Å². The number of nitrogens with zero attached hydrogens (tertiary/aromatic N) is 5. The van der Waals surface area contributed by atoms with E-state index in [1.165, 1.54) is 16.4 Å². The Morgan fingerprint density at radius 1 is 1.19 bits per heavy atom. The van der Waals surface area contributed by atoms with E-state index in [4.69, 9.17) is 15.1 Å². The molecule has 3 aromatic rings. The average molecular weight is 374 g/mol. The molecule has 0 aliphatic rings. The molecule has 0 aliphatic heterocycles. The Morgan fingerprint density at radius 2 is 1.88 bits per heavy atom. The maximum Gasteiger partial charge on any atom is 0.239 e. The average Bonchev–Trinajstić information content (AvgIpc) is 3.23. The van der Waals surface area contributed by atoms with Gasteiger partial charge in [0.1, 0.15) is 5.75 Å². The van der Waals surface area contributed by atoms with Crippen LogP contribution < -0.4 is 10.6 Å². The normalized spacial score (nSPS) is 13.0. The summed E-state index contributed by atoms with van der Waals surface area (Å²) in [7, 11) is 1.62. The van der Waals surface area contributed by atoms with Crippen molar-refractivity contribution in [2.75, 3.05) is 13.0 Å². The van der Waals surface area contributed by atoms with Crippen molar-refractivity contribution >= 4 is 11.8 Å². The van der Waals surface area contributed by atoms with E-state index in [2.05, 4.69) is 20.3 Å². The van der Waals surface area contributed by atoms with Gasteiger partial charge in [-0.3, -0.25) is 0 Å². The fourth-order valence-electron chi connectivity index (χ4n) is 2.21. The molecule has 0 radical (unpaired) electrons. The summed E-state index contributed by atoms with van der Waals surface area (Å²) in [6, 6.07) is 7.48. The summed E-state index contributed by atoms with van der Waals surface area (Å²) in [5.74, 6) is 8.73. The van der Waals surface area contributed by atoms with E-state index >= 15 is 0 Å². The quantitative estimate of drug-likeness (QED) is 0.536. The predicted molar refractivity (Wildman–Crippen MR) is 99.4 cm³/mol. The van der Waals surface area contributed by atoms with Gasteiger partial charge in [-0.1, -0.05) is 37.7 Å². The van der Waals surface area contributed by atoms with Gasteiger partial charge in [0.25, 0.3) is 0 Å². The Bertz CT molecular complexity index is 882. The number of benzene rings is 1. The van der Waals surface area contributed by atoms with Gasteiger partial charge in [-0.15, -0.1) is 10.2 Å². The molecule has 3 rings (SSSR count). The second kappa shape index (κ2) is 6.99. The van der Waals surface area contributed by atoms with E-state index in [0.717, 1.165) is 11.3 Å². The number of ether oxygens (including phenoxy) is 1. The molecule has 1 atom stereocenters. The topological polar surface area (TPSA) is 105 Å². The van der Waals surface area contributed by atoms with Crippen LogP contribution in [0.3, 0.4) is 0 Å². The minimum Gasteiger partial charge on any atom is -0.497 e. The third kappa shape index (κ3) is 3.67. The van der Waals surface area contributed by atoms with Crippen molar-refractivity contribution in [3.05, 3.63) is 36.0 Å². The molecule has 1 unspecified atom stereocenters. The van der Waals surface area contributed by atoms with Gasteiger partial charge >= 0.3 is 0 Å². The zero-order valence-electron chi connectivity index (χ0n) is 15.4. The maximum atomic E-state index is 6.18. The lowest BCUT2D eigenvalue weighted by atomic mass is 9.96. The number of hydrogen-bond donors (Lipinski definition) is 1. The van der Waals surface area contributed by atoms with E-state index in [1.807, 2.05) is 52.0 Å². The number of aromatic nitrogens is 5. The van der Waals surface area contributed by atoms with Crippen LogP contribution in [0.25, 0.3) is 11.4 Å². The SMILES string of the molecule is COc1ccc(-c2nnc(SC(C)c3nc(C(C)(C)C)no3)n2N)cc1. The zero-order chi connectivity index (χ0) is 18.9. The molecule has 0 saturated heterocycles. The second-order valence-electron chi connectivity index (χ2n) is 6.87. The molecule has 8 nitrogen and oxygen atoms in total. The number of nitrogens with two attached hydrogens (primary N) is 1. The second-order valence-corrected chi connectivity index (χ2v) is 8.18. The van der Waals surface area contributed by atoms with Crippen molar-refractivity contribution in [1.82, 2.24) is 25.0 Å². The highest BCUT2D eigenvalue weighted by atomic mass is 32.2. The van der Waals surface area contributed by atoms with Crippen LogP contribution in [-0.4, -0.2) is 32.1 Å². The van der Waals surface area contributed by atoms with Crippen molar-refractivity contribution in [3.63, 3.8) is 0 Å². The van der Waals surface area contributed by atoms with E-state index in [0.29, 0.717) is 22.7 Å². The number of rotatable bonds is 5. The molecule has 0 spiro atoms. The molecule has 0 amide bonds. The van der Waals surface area contributed by atoms with Gasteiger partial charge in [0, 0.05) is 11.0 Å². The van der Waals surface area contributed by atoms with E-state index in [1.54, 1.807) is 7.11 Å². The van der Waals surface area contributed by atoms with Crippen molar-refractivity contribution < 1.29 is 9.26 Å². The van der Waals surface area contributed by atoms with Gasteiger partial charge in [0.15, 0.2) is 11.6 Å². The summed E-state index contributed by atoms with van der Waals surface area (Å²) in [5, 5.41) is 12.9. The highest BCUT2D eigenvalue weighted by molar-refractivity contribution is 7.99. The lowest BCUT2D eigenvalue weighted by Gasteiger charge is -2.11. The third-order valence-corrected chi connectivity index (χ3v) is 4.80. The standard InChI is InChI=1S/C17H22N6O2S/c1-10(14-19-15(22-25-14)17(2,3)4)26-16-21-20-13(23(16)18)11-6-8-12(24-5)9-7-11/h6-10H,18H2,1-5H3. The lowest BCUT2D eigenvalue weighted by molar-refractivity contribution is 0.364.